The van der Waals surface area contributed by atoms with Crippen molar-refractivity contribution in [3.63, 3.8) is 0 Å². The predicted molar refractivity (Wildman–Crippen MR) is 93.4 cm³/mol. The lowest BCUT2D eigenvalue weighted by atomic mass is 10.2. The van der Waals surface area contributed by atoms with Crippen LogP contribution in [0.4, 0.5) is 5.69 Å². The molecule has 24 heavy (non-hydrogen) atoms. The quantitative estimate of drug-likeness (QED) is 0.752. The van der Waals surface area contributed by atoms with Crippen LogP contribution >= 0.6 is 0 Å². The Morgan fingerprint density at radius 2 is 1.96 bits per heavy atom. The number of fused-ring (bicyclic) bond motifs is 1. The Labute approximate surface area is 140 Å². The highest BCUT2D eigenvalue weighted by molar-refractivity contribution is 5.91. The SMILES string of the molecule is CCCCC(=O)Nc1ccc(-n2nc3ccc(C)cc3n2)c(O)c1. The van der Waals surface area contributed by atoms with E-state index in [0.717, 1.165) is 29.4 Å². The summed E-state index contributed by atoms with van der Waals surface area (Å²) in [5.41, 5.74) is 3.66. The smallest absolute Gasteiger partial charge is 0.224 e. The summed E-state index contributed by atoms with van der Waals surface area (Å²) in [6, 6.07) is 10.7. The fraction of sp³-hybridized carbons (Fsp3) is 0.278. The number of rotatable bonds is 5. The number of benzene rings is 2. The zero-order valence-electron chi connectivity index (χ0n) is 13.8. The molecule has 0 saturated carbocycles. The predicted octanol–water partition coefficient (Wildman–Crippen LogP) is 3.56. The number of hydrogen-bond donors (Lipinski definition) is 2. The van der Waals surface area contributed by atoms with Crippen LogP contribution in [0.5, 0.6) is 5.75 Å². The van der Waals surface area contributed by atoms with Crippen molar-refractivity contribution in [2.45, 2.75) is 33.1 Å². The van der Waals surface area contributed by atoms with E-state index in [9.17, 15) is 9.90 Å². The molecular formula is C18H20N4O2. The molecule has 2 aromatic carbocycles. The van der Waals surface area contributed by atoms with Gasteiger partial charge in [-0.3, -0.25) is 4.79 Å². The second-order valence-corrected chi connectivity index (χ2v) is 5.84. The second kappa shape index (κ2) is 6.70. The van der Waals surface area contributed by atoms with Gasteiger partial charge >= 0.3 is 0 Å². The first-order chi connectivity index (χ1) is 11.6. The number of aryl methyl sites for hydroxylation is 1. The summed E-state index contributed by atoms with van der Waals surface area (Å²) >= 11 is 0. The molecule has 0 bridgehead atoms. The van der Waals surface area contributed by atoms with Gasteiger partial charge in [0.25, 0.3) is 0 Å². The Morgan fingerprint density at radius 3 is 2.71 bits per heavy atom. The minimum Gasteiger partial charge on any atom is -0.506 e. The first kappa shape index (κ1) is 16.0. The maximum absolute atomic E-state index is 11.8. The van der Waals surface area contributed by atoms with Gasteiger partial charge < -0.3 is 10.4 Å². The molecule has 6 heteroatoms. The third-order valence-electron chi connectivity index (χ3n) is 3.77. The van der Waals surface area contributed by atoms with E-state index in [1.165, 1.54) is 10.9 Å². The lowest BCUT2D eigenvalue weighted by molar-refractivity contribution is -0.116. The topological polar surface area (TPSA) is 80.0 Å². The molecule has 6 nitrogen and oxygen atoms in total. The Balaban J connectivity index is 1.84. The number of anilines is 1. The standard InChI is InChI=1S/C18H20N4O2/c1-3-4-5-18(24)19-13-7-9-16(17(23)11-13)22-20-14-8-6-12(2)10-15(14)21-22/h6-11,23H,3-5H2,1-2H3,(H,19,24). The molecule has 0 aliphatic rings. The van der Waals surface area contributed by atoms with Crippen LogP contribution in [0.2, 0.25) is 0 Å². The van der Waals surface area contributed by atoms with Crippen molar-refractivity contribution in [3.05, 3.63) is 42.0 Å². The number of phenols is 1. The van der Waals surface area contributed by atoms with Gasteiger partial charge in [-0.25, -0.2) is 0 Å². The highest BCUT2D eigenvalue weighted by Crippen LogP contribution is 2.25. The number of aromatic hydroxyl groups is 1. The summed E-state index contributed by atoms with van der Waals surface area (Å²) in [6.07, 6.45) is 2.29. The minimum absolute atomic E-state index is 0.0142. The molecule has 2 N–H and O–H groups in total. The van der Waals surface area contributed by atoms with Crippen molar-refractivity contribution in [2.75, 3.05) is 5.32 Å². The van der Waals surface area contributed by atoms with E-state index in [0.29, 0.717) is 17.8 Å². The third-order valence-corrected chi connectivity index (χ3v) is 3.77. The van der Waals surface area contributed by atoms with Crippen molar-refractivity contribution >= 4 is 22.6 Å². The highest BCUT2D eigenvalue weighted by atomic mass is 16.3. The number of unbranched alkanes of at least 4 members (excludes halogenated alkanes) is 1. The van der Waals surface area contributed by atoms with Crippen LogP contribution in [0.15, 0.2) is 36.4 Å². The largest absolute Gasteiger partial charge is 0.506 e. The lowest BCUT2D eigenvalue weighted by Gasteiger charge is -2.08. The van der Waals surface area contributed by atoms with Crippen molar-refractivity contribution < 1.29 is 9.90 Å². The van der Waals surface area contributed by atoms with Crippen LogP contribution in [-0.2, 0) is 4.79 Å². The van der Waals surface area contributed by atoms with E-state index in [1.54, 1.807) is 12.1 Å². The van der Waals surface area contributed by atoms with Gasteiger partial charge in [0.2, 0.25) is 5.91 Å². The van der Waals surface area contributed by atoms with Gasteiger partial charge in [-0.15, -0.1) is 15.0 Å². The molecule has 0 aliphatic heterocycles. The number of nitrogens with one attached hydrogen (secondary N) is 1. The number of nitrogens with zero attached hydrogens (tertiary/aromatic N) is 3. The van der Waals surface area contributed by atoms with E-state index < -0.39 is 0 Å². The molecular weight excluding hydrogens is 304 g/mol. The Bertz CT molecular complexity index is 886. The van der Waals surface area contributed by atoms with E-state index in [1.807, 2.05) is 32.0 Å². The first-order valence-corrected chi connectivity index (χ1v) is 8.04. The van der Waals surface area contributed by atoms with Crippen LogP contribution < -0.4 is 5.32 Å². The Kier molecular flexibility index (Phi) is 4.46. The highest BCUT2D eigenvalue weighted by Gasteiger charge is 2.11. The summed E-state index contributed by atoms with van der Waals surface area (Å²) in [7, 11) is 0. The number of carbonyl (C=O) groups excluding carboxylic acids is 1. The monoisotopic (exact) mass is 324 g/mol. The van der Waals surface area contributed by atoms with Gasteiger partial charge in [-0.1, -0.05) is 19.4 Å². The zero-order valence-corrected chi connectivity index (χ0v) is 13.8. The summed E-state index contributed by atoms with van der Waals surface area (Å²) in [5, 5.41) is 21.8. The van der Waals surface area contributed by atoms with Gasteiger partial charge in [-0.2, -0.15) is 0 Å². The Morgan fingerprint density at radius 1 is 1.17 bits per heavy atom. The minimum atomic E-state index is -0.0533. The van der Waals surface area contributed by atoms with E-state index >= 15 is 0 Å². The van der Waals surface area contributed by atoms with Crippen LogP contribution in [0.3, 0.4) is 0 Å². The molecule has 1 aromatic heterocycles. The van der Waals surface area contributed by atoms with Crippen molar-refractivity contribution in [1.29, 1.82) is 0 Å². The van der Waals surface area contributed by atoms with E-state index in [-0.39, 0.29) is 11.7 Å². The average Bonchev–Trinajstić information content (AvgIpc) is 2.95. The first-order valence-electron chi connectivity index (χ1n) is 8.04. The van der Waals surface area contributed by atoms with Crippen molar-refractivity contribution in [1.82, 2.24) is 15.0 Å². The average molecular weight is 324 g/mol. The van der Waals surface area contributed by atoms with Crippen LogP contribution in [-0.4, -0.2) is 26.0 Å². The summed E-state index contributed by atoms with van der Waals surface area (Å²) < 4.78 is 0. The molecule has 0 unspecified atom stereocenters. The number of aromatic nitrogens is 3. The maximum Gasteiger partial charge on any atom is 0.224 e. The molecule has 1 heterocycles. The number of hydrogen-bond acceptors (Lipinski definition) is 4. The Hall–Kier alpha value is -2.89. The molecule has 1 amide bonds. The number of phenolic OH excluding ortho intramolecular Hbond substituents is 1. The second-order valence-electron chi connectivity index (χ2n) is 5.84. The van der Waals surface area contributed by atoms with Gasteiger partial charge in [-0.05, 0) is 43.2 Å². The summed E-state index contributed by atoms with van der Waals surface area (Å²) in [5.74, 6) is -0.0391. The number of amides is 1. The number of carbonyl (C=O) groups is 1. The molecule has 124 valence electrons. The maximum atomic E-state index is 11.8. The lowest BCUT2D eigenvalue weighted by Crippen LogP contribution is -2.11. The third kappa shape index (κ3) is 3.37. The molecule has 0 spiro atoms. The van der Waals surface area contributed by atoms with Gasteiger partial charge in [0.1, 0.15) is 22.5 Å². The molecule has 3 rings (SSSR count). The summed E-state index contributed by atoms with van der Waals surface area (Å²) in [6.45, 7) is 4.03. The van der Waals surface area contributed by atoms with Crippen molar-refractivity contribution in [3.8, 4) is 11.4 Å². The fourth-order valence-electron chi connectivity index (χ4n) is 2.46. The molecule has 3 aromatic rings. The molecule has 0 fully saturated rings. The van der Waals surface area contributed by atoms with Crippen molar-refractivity contribution in [2.24, 2.45) is 0 Å². The zero-order chi connectivity index (χ0) is 17.1. The fourth-order valence-corrected chi connectivity index (χ4v) is 2.46. The van der Waals surface area contributed by atoms with Crippen LogP contribution in [0.25, 0.3) is 16.7 Å². The van der Waals surface area contributed by atoms with E-state index in [2.05, 4.69) is 15.5 Å². The molecule has 0 saturated heterocycles. The van der Waals surface area contributed by atoms with Crippen LogP contribution in [0.1, 0.15) is 31.7 Å². The van der Waals surface area contributed by atoms with Gasteiger partial charge in [0.05, 0.1) is 0 Å². The molecule has 0 atom stereocenters. The van der Waals surface area contributed by atoms with E-state index in [4.69, 9.17) is 0 Å². The summed E-state index contributed by atoms with van der Waals surface area (Å²) in [4.78, 5) is 13.2. The molecule has 0 aliphatic carbocycles. The van der Waals surface area contributed by atoms with Crippen LogP contribution in [0, 0.1) is 6.92 Å². The normalized spacial score (nSPS) is 10.9. The van der Waals surface area contributed by atoms with Gasteiger partial charge in [0, 0.05) is 18.2 Å². The van der Waals surface area contributed by atoms with Gasteiger partial charge in [0.15, 0.2) is 0 Å². The molecule has 0 radical (unpaired) electrons.